The van der Waals surface area contributed by atoms with Crippen LogP contribution in [0.3, 0.4) is 0 Å². The summed E-state index contributed by atoms with van der Waals surface area (Å²) in [5.41, 5.74) is 0. The van der Waals surface area contributed by atoms with Crippen molar-refractivity contribution in [3.05, 3.63) is 0 Å². The topological polar surface area (TPSA) is 40.6 Å². The zero-order valence-electron chi connectivity index (χ0n) is 9.56. The molecule has 0 bridgehead atoms. The molecule has 0 N–H and O–H groups in total. The van der Waals surface area contributed by atoms with Gasteiger partial charge in [-0.05, 0) is 19.9 Å². The summed E-state index contributed by atoms with van der Waals surface area (Å²) >= 11 is 0. The summed E-state index contributed by atoms with van der Waals surface area (Å²) in [7, 11) is -1.11. The second-order valence-electron chi connectivity index (χ2n) is 4.54. The molecule has 1 saturated heterocycles. The van der Waals surface area contributed by atoms with Crippen molar-refractivity contribution < 1.29 is 8.42 Å². The van der Waals surface area contributed by atoms with Crippen LogP contribution in [0.2, 0.25) is 0 Å². The predicted octanol–water partition coefficient (Wildman–Crippen LogP) is 0.564. The lowest BCUT2D eigenvalue weighted by Crippen LogP contribution is -2.45. The minimum Gasteiger partial charge on any atom is -0.288 e. The highest BCUT2D eigenvalue weighted by atomic mass is 32.2. The summed E-state index contributed by atoms with van der Waals surface area (Å²) < 4.78 is 24.8. The monoisotopic (exact) mass is 220 g/mol. The fraction of sp³-hybridized carbons (Fsp3) is 1.00. The first-order valence-electron chi connectivity index (χ1n) is 4.94. The molecule has 1 unspecified atom stereocenters. The van der Waals surface area contributed by atoms with Gasteiger partial charge in [0.25, 0.3) is 0 Å². The molecule has 4 nitrogen and oxygen atoms in total. The summed E-state index contributed by atoms with van der Waals surface area (Å²) in [6, 6.07) is 0.0856. The molecule has 1 heterocycles. The predicted molar refractivity (Wildman–Crippen MR) is 57.4 cm³/mol. The van der Waals surface area contributed by atoms with Crippen molar-refractivity contribution in [2.45, 2.75) is 33.0 Å². The van der Waals surface area contributed by atoms with Gasteiger partial charge in [0, 0.05) is 12.6 Å². The van der Waals surface area contributed by atoms with Crippen molar-refractivity contribution in [1.29, 1.82) is 0 Å². The van der Waals surface area contributed by atoms with Gasteiger partial charge in [0.2, 0.25) is 10.0 Å². The maximum atomic E-state index is 11.6. The summed E-state index contributed by atoms with van der Waals surface area (Å²) in [5, 5.41) is 0. The molecule has 0 amide bonds. The van der Waals surface area contributed by atoms with Crippen molar-refractivity contribution in [1.82, 2.24) is 9.21 Å². The van der Waals surface area contributed by atoms with E-state index >= 15 is 0 Å². The van der Waals surface area contributed by atoms with E-state index in [-0.39, 0.29) is 12.2 Å². The second-order valence-corrected chi connectivity index (χ2v) is 6.43. The summed E-state index contributed by atoms with van der Waals surface area (Å²) in [4.78, 5) is 2.11. The molecule has 1 aliphatic heterocycles. The largest absolute Gasteiger partial charge is 0.288 e. The van der Waals surface area contributed by atoms with E-state index in [0.717, 1.165) is 6.54 Å². The van der Waals surface area contributed by atoms with Crippen LogP contribution in [0.5, 0.6) is 0 Å². The maximum Gasteiger partial charge on any atom is 0.212 e. The van der Waals surface area contributed by atoms with Crippen molar-refractivity contribution in [2.24, 2.45) is 5.92 Å². The van der Waals surface area contributed by atoms with E-state index in [1.165, 1.54) is 6.26 Å². The van der Waals surface area contributed by atoms with E-state index in [2.05, 4.69) is 18.7 Å². The molecule has 0 spiro atoms. The molecule has 0 aromatic carbocycles. The van der Waals surface area contributed by atoms with Crippen LogP contribution in [0.1, 0.15) is 20.8 Å². The van der Waals surface area contributed by atoms with Gasteiger partial charge < -0.3 is 0 Å². The van der Waals surface area contributed by atoms with E-state index in [1.807, 2.05) is 14.0 Å². The molecule has 0 aromatic rings. The Balaban J connectivity index is 3.01. The fourth-order valence-electron chi connectivity index (χ4n) is 2.39. The van der Waals surface area contributed by atoms with Gasteiger partial charge in [-0.1, -0.05) is 13.8 Å². The first-order valence-corrected chi connectivity index (χ1v) is 6.78. The standard InChI is InChI=1S/C9H20N2O2S/c1-7(2)9-10(4)6-8(3)11(9)14(5,12)13/h7-9H,6H2,1-5H3/t8-,9?/m0/s1. The van der Waals surface area contributed by atoms with Crippen molar-refractivity contribution >= 4 is 10.0 Å². The lowest BCUT2D eigenvalue weighted by atomic mass is 10.1. The normalized spacial score (nSPS) is 31.6. The van der Waals surface area contributed by atoms with E-state index in [0.29, 0.717) is 5.92 Å². The summed E-state index contributed by atoms with van der Waals surface area (Å²) in [5.74, 6) is 0.319. The number of likely N-dealkylation sites (N-methyl/N-ethyl adjacent to an activating group) is 1. The van der Waals surface area contributed by atoms with E-state index in [4.69, 9.17) is 0 Å². The van der Waals surface area contributed by atoms with Crippen LogP contribution in [0, 0.1) is 5.92 Å². The third-order valence-electron chi connectivity index (χ3n) is 2.68. The molecule has 0 aromatic heterocycles. The minimum atomic E-state index is -3.09. The fourth-order valence-corrected chi connectivity index (χ4v) is 3.90. The number of hydrogen-bond donors (Lipinski definition) is 0. The number of rotatable bonds is 2. The van der Waals surface area contributed by atoms with Crippen LogP contribution in [0.25, 0.3) is 0 Å². The van der Waals surface area contributed by atoms with Crippen LogP contribution in [-0.4, -0.2) is 49.7 Å². The Morgan fingerprint density at radius 3 is 2.14 bits per heavy atom. The van der Waals surface area contributed by atoms with E-state index < -0.39 is 10.0 Å². The van der Waals surface area contributed by atoms with Crippen LogP contribution in [-0.2, 0) is 10.0 Å². The number of nitrogens with zero attached hydrogens (tertiary/aromatic N) is 2. The lowest BCUT2D eigenvalue weighted by Gasteiger charge is -2.30. The second kappa shape index (κ2) is 3.79. The van der Waals surface area contributed by atoms with Crippen LogP contribution < -0.4 is 0 Å². The van der Waals surface area contributed by atoms with Crippen LogP contribution in [0.4, 0.5) is 0 Å². The summed E-state index contributed by atoms with van der Waals surface area (Å²) in [6.45, 7) is 6.88. The molecule has 14 heavy (non-hydrogen) atoms. The SMILES string of the molecule is CC(C)C1N(C)C[C@H](C)N1S(C)(=O)=O. The highest BCUT2D eigenvalue weighted by molar-refractivity contribution is 7.88. The third-order valence-corrected chi connectivity index (χ3v) is 4.02. The van der Waals surface area contributed by atoms with Crippen molar-refractivity contribution in [3.63, 3.8) is 0 Å². The molecule has 0 aliphatic carbocycles. The Kier molecular flexibility index (Phi) is 3.23. The van der Waals surface area contributed by atoms with Gasteiger partial charge in [0.05, 0.1) is 12.4 Å². The van der Waals surface area contributed by atoms with Gasteiger partial charge in [-0.25, -0.2) is 8.42 Å². The molecular weight excluding hydrogens is 200 g/mol. The highest BCUT2D eigenvalue weighted by Gasteiger charge is 2.41. The smallest absolute Gasteiger partial charge is 0.212 e. The van der Waals surface area contributed by atoms with E-state index in [1.54, 1.807) is 4.31 Å². The Morgan fingerprint density at radius 1 is 1.36 bits per heavy atom. The molecule has 1 aliphatic rings. The van der Waals surface area contributed by atoms with Crippen molar-refractivity contribution in [2.75, 3.05) is 19.8 Å². The molecule has 1 fully saturated rings. The zero-order chi connectivity index (χ0) is 11.1. The van der Waals surface area contributed by atoms with Gasteiger partial charge in [0.15, 0.2) is 0 Å². The minimum absolute atomic E-state index is 0.0139. The van der Waals surface area contributed by atoms with Gasteiger partial charge in [-0.2, -0.15) is 4.31 Å². The Labute approximate surface area is 86.9 Å². The molecular formula is C9H20N2O2S. The number of sulfonamides is 1. The van der Waals surface area contributed by atoms with E-state index in [9.17, 15) is 8.42 Å². The molecule has 0 saturated carbocycles. The zero-order valence-corrected chi connectivity index (χ0v) is 10.4. The Hall–Kier alpha value is -0.130. The average Bonchev–Trinajstić information content (AvgIpc) is 2.23. The van der Waals surface area contributed by atoms with Crippen LogP contribution >= 0.6 is 0 Å². The lowest BCUT2D eigenvalue weighted by molar-refractivity contribution is 0.168. The molecule has 2 atom stereocenters. The first-order chi connectivity index (χ1) is 6.25. The Bertz CT molecular complexity index is 300. The Morgan fingerprint density at radius 2 is 1.86 bits per heavy atom. The first kappa shape index (κ1) is 11.9. The maximum absolute atomic E-state index is 11.6. The highest BCUT2D eigenvalue weighted by Crippen LogP contribution is 2.26. The summed E-state index contributed by atoms with van der Waals surface area (Å²) in [6.07, 6.45) is 1.30. The quantitative estimate of drug-likeness (QED) is 0.683. The molecule has 0 radical (unpaired) electrons. The molecule has 84 valence electrons. The van der Waals surface area contributed by atoms with Crippen molar-refractivity contribution in [3.8, 4) is 0 Å². The molecule has 1 rings (SSSR count). The van der Waals surface area contributed by atoms with Gasteiger partial charge in [0.1, 0.15) is 0 Å². The number of hydrogen-bond acceptors (Lipinski definition) is 3. The van der Waals surface area contributed by atoms with Gasteiger partial charge >= 0.3 is 0 Å². The van der Waals surface area contributed by atoms with Gasteiger partial charge in [-0.15, -0.1) is 0 Å². The molecule has 5 heteroatoms. The van der Waals surface area contributed by atoms with Gasteiger partial charge in [-0.3, -0.25) is 4.90 Å². The third kappa shape index (κ3) is 2.10. The average molecular weight is 220 g/mol. The van der Waals surface area contributed by atoms with Crippen LogP contribution in [0.15, 0.2) is 0 Å².